The maximum Gasteiger partial charge on any atom is 0.270 e. The van der Waals surface area contributed by atoms with E-state index in [1.54, 1.807) is 43.6 Å². The van der Waals surface area contributed by atoms with Crippen molar-refractivity contribution in [3.63, 3.8) is 0 Å². The highest BCUT2D eigenvalue weighted by atomic mass is 35.5. The maximum absolute atomic E-state index is 12.9. The molecule has 0 spiro atoms. The van der Waals surface area contributed by atoms with E-state index in [9.17, 15) is 19.7 Å². The van der Waals surface area contributed by atoms with Gasteiger partial charge in [-0.3, -0.25) is 24.7 Å². The van der Waals surface area contributed by atoms with Crippen LogP contribution in [-0.2, 0) is 6.54 Å². The molecule has 0 fully saturated rings. The van der Waals surface area contributed by atoms with Crippen LogP contribution in [0.25, 0.3) is 0 Å². The Labute approximate surface area is 177 Å². The van der Waals surface area contributed by atoms with Crippen LogP contribution in [0, 0.1) is 10.1 Å². The zero-order chi connectivity index (χ0) is 21.7. The number of carbonyl (C=O) groups is 2. The standard InChI is InChI=1S/C21H17ClN4O4/c1-25(13-14-6-4-5-11-23-14)21(28)17-7-2-3-8-19(17)24-20(27)16-10-9-15(26(29)30)12-18(16)22/h2-12H,13H2,1H3,(H,24,27). The zero-order valence-corrected chi connectivity index (χ0v) is 16.7. The van der Waals surface area contributed by atoms with Crippen LogP contribution >= 0.6 is 11.6 Å². The normalized spacial score (nSPS) is 10.3. The first-order valence-electron chi connectivity index (χ1n) is 8.86. The molecule has 3 aromatic rings. The molecular weight excluding hydrogens is 408 g/mol. The lowest BCUT2D eigenvalue weighted by Crippen LogP contribution is -2.28. The van der Waals surface area contributed by atoms with Crippen molar-refractivity contribution >= 4 is 34.8 Å². The average Bonchev–Trinajstić information content (AvgIpc) is 2.74. The number of carbonyl (C=O) groups excluding carboxylic acids is 2. The lowest BCUT2D eigenvalue weighted by molar-refractivity contribution is -0.384. The molecule has 0 saturated heterocycles. The van der Waals surface area contributed by atoms with E-state index in [4.69, 9.17) is 11.6 Å². The van der Waals surface area contributed by atoms with E-state index in [1.165, 1.54) is 17.0 Å². The highest BCUT2D eigenvalue weighted by Crippen LogP contribution is 2.25. The second-order valence-corrected chi connectivity index (χ2v) is 6.81. The number of amides is 2. The summed E-state index contributed by atoms with van der Waals surface area (Å²) in [4.78, 5) is 41.5. The number of para-hydroxylation sites is 1. The van der Waals surface area contributed by atoms with E-state index < -0.39 is 10.8 Å². The minimum Gasteiger partial charge on any atom is -0.336 e. The van der Waals surface area contributed by atoms with Crippen LogP contribution in [0.1, 0.15) is 26.4 Å². The van der Waals surface area contributed by atoms with Gasteiger partial charge in [-0.2, -0.15) is 0 Å². The molecule has 9 heteroatoms. The number of nitro groups is 1. The summed E-state index contributed by atoms with van der Waals surface area (Å²) in [7, 11) is 1.64. The molecule has 3 rings (SSSR count). The van der Waals surface area contributed by atoms with Crippen LogP contribution in [0.2, 0.25) is 5.02 Å². The average molecular weight is 425 g/mol. The minimum atomic E-state index is -0.598. The SMILES string of the molecule is CN(Cc1ccccn1)C(=O)c1ccccc1NC(=O)c1ccc([N+](=O)[O-])cc1Cl. The van der Waals surface area contributed by atoms with E-state index in [2.05, 4.69) is 10.3 Å². The number of nitrogens with one attached hydrogen (secondary N) is 1. The molecule has 8 nitrogen and oxygen atoms in total. The lowest BCUT2D eigenvalue weighted by atomic mass is 10.1. The van der Waals surface area contributed by atoms with E-state index in [0.717, 1.165) is 11.8 Å². The predicted octanol–water partition coefficient (Wildman–Crippen LogP) is 4.17. The molecule has 2 aromatic carbocycles. The van der Waals surface area contributed by atoms with Gasteiger partial charge < -0.3 is 10.2 Å². The summed E-state index contributed by atoms with van der Waals surface area (Å²) < 4.78 is 0. The maximum atomic E-state index is 12.9. The van der Waals surface area contributed by atoms with Crippen LogP contribution in [-0.4, -0.2) is 33.7 Å². The quantitative estimate of drug-likeness (QED) is 0.472. The Bertz CT molecular complexity index is 1110. The molecule has 0 unspecified atom stereocenters. The van der Waals surface area contributed by atoms with E-state index in [0.29, 0.717) is 17.8 Å². The molecule has 1 aromatic heterocycles. The fourth-order valence-electron chi connectivity index (χ4n) is 2.78. The van der Waals surface area contributed by atoms with Gasteiger partial charge in [-0.05, 0) is 30.3 Å². The Balaban J connectivity index is 1.80. The van der Waals surface area contributed by atoms with Crippen LogP contribution in [0.15, 0.2) is 66.9 Å². The largest absolute Gasteiger partial charge is 0.336 e. The number of anilines is 1. The Morgan fingerprint density at radius 1 is 1.10 bits per heavy atom. The summed E-state index contributed by atoms with van der Waals surface area (Å²) in [6.07, 6.45) is 1.65. The topological polar surface area (TPSA) is 105 Å². The lowest BCUT2D eigenvalue weighted by Gasteiger charge is -2.19. The summed E-state index contributed by atoms with van der Waals surface area (Å²) in [6, 6.07) is 15.6. The summed E-state index contributed by atoms with van der Waals surface area (Å²) >= 11 is 6.03. The van der Waals surface area contributed by atoms with Gasteiger partial charge in [-0.25, -0.2) is 0 Å². The number of nitro benzene ring substituents is 1. The smallest absolute Gasteiger partial charge is 0.270 e. The number of nitrogens with zero attached hydrogens (tertiary/aromatic N) is 3. The van der Waals surface area contributed by atoms with Crippen molar-refractivity contribution in [2.45, 2.75) is 6.54 Å². The number of rotatable bonds is 6. The third-order valence-electron chi connectivity index (χ3n) is 4.29. The highest BCUT2D eigenvalue weighted by molar-refractivity contribution is 6.34. The molecule has 1 heterocycles. The Morgan fingerprint density at radius 2 is 1.83 bits per heavy atom. The molecule has 1 N–H and O–H groups in total. The van der Waals surface area contributed by atoms with Crippen molar-refractivity contribution in [3.05, 3.63) is 98.8 Å². The molecule has 0 aliphatic carbocycles. The van der Waals surface area contributed by atoms with E-state index in [-0.39, 0.29) is 22.2 Å². The summed E-state index contributed by atoms with van der Waals surface area (Å²) in [5, 5.41) is 13.4. The second-order valence-electron chi connectivity index (χ2n) is 6.40. The van der Waals surface area contributed by atoms with Gasteiger partial charge in [0.1, 0.15) is 0 Å². The molecule has 0 saturated carbocycles. The van der Waals surface area contributed by atoms with Crippen LogP contribution in [0.5, 0.6) is 0 Å². The van der Waals surface area contributed by atoms with Gasteiger partial charge in [0.2, 0.25) is 0 Å². The van der Waals surface area contributed by atoms with Crippen LogP contribution in [0.4, 0.5) is 11.4 Å². The molecule has 152 valence electrons. The molecule has 2 amide bonds. The van der Waals surface area contributed by atoms with Gasteiger partial charge in [0.15, 0.2) is 0 Å². The van der Waals surface area contributed by atoms with E-state index >= 15 is 0 Å². The van der Waals surface area contributed by atoms with Gasteiger partial charge in [0.05, 0.1) is 39.0 Å². The number of benzene rings is 2. The molecule has 0 aliphatic heterocycles. The third-order valence-corrected chi connectivity index (χ3v) is 4.60. The third kappa shape index (κ3) is 4.79. The Hall–Kier alpha value is -3.78. The number of halogens is 1. The first-order chi connectivity index (χ1) is 14.4. The van der Waals surface area contributed by atoms with E-state index in [1.807, 2.05) is 12.1 Å². The summed E-state index contributed by atoms with van der Waals surface area (Å²) in [6.45, 7) is 0.302. The minimum absolute atomic E-state index is 0.0576. The fourth-order valence-corrected chi connectivity index (χ4v) is 3.04. The number of aromatic nitrogens is 1. The first kappa shape index (κ1) is 20.9. The Morgan fingerprint density at radius 3 is 2.50 bits per heavy atom. The predicted molar refractivity (Wildman–Crippen MR) is 113 cm³/mol. The molecule has 30 heavy (non-hydrogen) atoms. The van der Waals surface area contributed by atoms with Gasteiger partial charge in [0.25, 0.3) is 17.5 Å². The van der Waals surface area contributed by atoms with Gasteiger partial charge in [-0.1, -0.05) is 29.8 Å². The number of hydrogen-bond acceptors (Lipinski definition) is 5. The Kier molecular flexibility index (Phi) is 6.38. The van der Waals surface area contributed by atoms with Crippen LogP contribution in [0.3, 0.4) is 0 Å². The van der Waals surface area contributed by atoms with Crippen LogP contribution < -0.4 is 5.32 Å². The first-order valence-corrected chi connectivity index (χ1v) is 9.24. The summed E-state index contributed by atoms with van der Waals surface area (Å²) in [5.74, 6) is -0.881. The second kappa shape index (κ2) is 9.15. The molecule has 0 radical (unpaired) electrons. The highest BCUT2D eigenvalue weighted by Gasteiger charge is 2.20. The molecule has 0 bridgehead atoms. The number of non-ortho nitro benzene ring substituents is 1. The van der Waals surface area contributed by atoms with Crippen molar-refractivity contribution < 1.29 is 14.5 Å². The van der Waals surface area contributed by atoms with Crippen molar-refractivity contribution in [1.82, 2.24) is 9.88 Å². The monoisotopic (exact) mass is 424 g/mol. The van der Waals surface area contributed by atoms with Crippen molar-refractivity contribution in [1.29, 1.82) is 0 Å². The fraction of sp³-hybridized carbons (Fsp3) is 0.0952. The van der Waals surface area contributed by atoms with Crippen molar-refractivity contribution in [2.24, 2.45) is 0 Å². The zero-order valence-electron chi connectivity index (χ0n) is 15.9. The van der Waals surface area contributed by atoms with Crippen molar-refractivity contribution in [3.8, 4) is 0 Å². The molecule has 0 atom stereocenters. The number of hydrogen-bond donors (Lipinski definition) is 1. The van der Waals surface area contributed by atoms with Gasteiger partial charge in [0, 0.05) is 25.4 Å². The molecule has 0 aliphatic rings. The molecular formula is C21H17ClN4O4. The van der Waals surface area contributed by atoms with Gasteiger partial charge >= 0.3 is 0 Å². The summed E-state index contributed by atoms with van der Waals surface area (Å²) in [5.41, 5.74) is 1.17. The number of pyridine rings is 1. The van der Waals surface area contributed by atoms with Gasteiger partial charge in [-0.15, -0.1) is 0 Å². The van der Waals surface area contributed by atoms with Crippen molar-refractivity contribution in [2.75, 3.05) is 12.4 Å².